The highest BCUT2D eigenvalue weighted by molar-refractivity contribution is 5.80. The van der Waals surface area contributed by atoms with E-state index in [0.29, 0.717) is 6.42 Å². The molecule has 0 aromatic rings. The molecule has 2 aliphatic carbocycles. The van der Waals surface area contributed by atoms with Gasteiger partial charge in [-0.3, -0.25) is 9.59 Å². The summed E-state index contributed by atoms with van der Waals surface area (Å²) in [5, 5.41) is 12.2. The van der Waals surface area contributed by atoms with Gasteiger partial charge < -0.3 is 10.4 Å². The van der Waals surface area contributed by atoms with E-state index in [1.54, 1.807) is 0 Å². The maximum Gasteiger partial charge on any atom is 0.306 e. The van der Waals surface area contributed by atoms with Crippen LogP contribution in [-0.4, -0.2) is 23.0 Å². The van der Waals surface area contributed by atoms with E-state index in [2.05, 4.69) is 19.2 Å². The molecule has 2 fully saturated rings. The van der Waals surface area contributed by atoms with E-state index in [9.17, 15) is 9.59 Å². The fourth-order valence-corrected chi connectivity index (χ4v) is 3.83. The molecule has 114 valence electrons. The van der Waals surface area contributed by atoms with E-state index in [4.69, 9.17) is 5.11 Å². The van der Waals surface area contributed by atoms with Crippen molar-refractivity contribution in [2.24, 2.45) is 17.3 Å². The number of aliphatic carboxylic acids is 1. The van der Waals surface area contributed by atoms with E-state index in [0.717, 1.165) is 38.5 Å². The first-order valence-corrected chi connectivity index (χ1v) is 7.93. The predicted octanol–water partition coefficient (Wildman–Crippen LogP) is 2.96. The van der Waals surface area contributed by atoms with Gasteiger partial charge in [-0.15, -0.1) is 0 Å². The molecule has 2 saturated carbocycles. The third-order valence-electron chi connectivity index (χ3n) is 5.19. The monoisotopic (exact) mass is 281 g/mol. The van der Waals surface area contributed by atoms with Crippen LogP contribution in [0.2, 0.25) is 0 Å². The molecule has 0 saturated heterocycles. The second-order valence-electron chi connectivity index (χ2n) is 7.19. The van der Waals surface area contributed by atoms with Crippen LogP contribution in [0.4, 0.5) is 0 Å². The van der Waals surface area contributed by atoms with Gasteiger partial charge >= 0.3 is 5.97 Å². The smallest absolute Gasteiger partial charge is 0.306 e. The van der Waals surface area contributed by atoms with Gasteiger partial charge in [0.1, 0.15) is 0 Å². The van der Waals surface area contributed by atoms with Crippen molar-refractivity contribution in [3.63, 3.8) is 0 Å². The molecule has 2 N–H and O–H groups in total. The van der Waals surface area contributed by atoms with Crippen molar-refractivity contribution in [1.82, 2.24) is 5.32 Å². The molecule has 4 heteroatoms. The zero-order chi connectivity index (χ0) is 14.8. The molecule has 0 aromatic heterocycles. The molecule has 2 aliphatic rings. The molecule has 2 rings (SSSR count). The molecular weight excluding hydrogens is 254 g/mol. The molecule has 0 spiro atoms. The molecule has 4 nitrogen and oxygen atoms in total. The normalized spacial score (nSPS) is 33.4. The fourth-order valence-electron chi connectivity index (χ4n) is 3.83. The first-order valence-electron chi connectivity index (χ1n) is 7.93. The summed E-state index contributed by atoms with van der Waals surface area (Å²) >= 11 is 0. The van der Waals surface area contributed by atoms with Crippen LogP contribution in [0.25, 0.3) is 0 Å². The Morgan fingerprint density at radius 2 is 1.85 bits per heavy atom. The minimum absolute atomic E-state index is 0.0510. The average molecular weight is 281 g/mol. The second kappa shape index (κ2) is 6.15. The van der Waals surface area contributed by atoms with E-state index in [1.165, 1.54) is 6.42 Å². The Morgan fingerprint density at radius 1 is 1.10 bits per heavy atom. The SMILES string of the molecule is CC1(C)CCCCC1C(=O)NC1CCCC(C(=O)O)C1. The van der Waals surface area contributed by atoms with Gasteiger partial charge in [-0.05, 0) is 37.5 Å². The summed E-state index contributed by atoms with van der Waals surface area (Å²) in [5.74, 6) is -0.775. The van der Waals surface area contributed by atoms with E-state index in [1.807, 2.05) is 0 Å². The number of carbonyl (C=O) groups is 2. The van der Waals surface area contributed by atoms with Crippen molar-refractivity contribution >= 4 is 11.9 Å². The van der Waals surface area contributed by atoms with E-state index in [-0.39, 0.29) is 29.2 Å². The highest BCUT2D eigenvalue weighted by Crippen LogP contribution is 2.40. The van der Waals surface area contributed by atoms with Crippen LogP contribution in [0.5, 0.6) is 0 Å². The topological polar surface area (TPSA) is 66.4 Å². The Balaban J connectivity index is 1.92. The van der Waals surface area contributed by atoms with Crippen LogP contribution < -0.4 is 5.32 Å². The lowest BCUT2D eigenvalue weighted by Gasteiger charge is -2.39. The largest absolute Gasteiger partial charge is 0.481 e. The average Bonchev–Trinajstić information content (AvgIpc) is 2.38. The highest BCUT2D eigenvalue weighted by atomic mass is 16.4. The number of carboxylic acids is 1. The number of carboxylic acid groups (broad SMARTS) is 1. The van der Waals surface area contributed by atoms with Crippen LogP contribution in [0.3, 0.4) is 0 Å². The molecule has 0 aromatic carbocycles. The number of nitrogens with one attached hydrogen (secondary N) is 1. The molecule has 20 heavy (non-hydrogen) atoms. The Hall–Kier alpha value is -1.06. The maximum atomic E-state index is 12.5. The number of hydrogen-bond donors (Lipinski definition) is 2. The Morgan fingerprint density at radius 3 is 2.50 bits per heavy atom. The minimum atomic E-state index is -0.720. The third-order valence-corrected chi connectivity index (χ3v) is 5.19. The molecule has 0 radical (unpaired) electrons. The van der Waals surface area contributed by atoms with Crippen LogP contribution in [0.15, 0.2) is 0 Å². The van der Waals surface area contributed by atoms with Crippen LogP contribution in [0, 0.1) is 17.3 Å². The van der Waals surface area contributed by atoms with Crippen molar-refractivity contribution in [3.8, 4) is 0 Å². The standard InChI is InChI=1S/C16H27NO3/c1-16(2)9-4-3-8-13(16)14(18)17-12-7-5-6-11(10-12)15(19)20/h11-13H,3-10H2,1-2H3,(H,17,18)(H,19,20). The van der Waals surface area contributed by atoms with Gasteiger partial charge in [0.25, 0.3) is 0 Å². The molecule has 3 atom stereocenters. The lowest BCUT2D eigenvalue weighted by molar-refractivity contribution is -0.143. The van der Waals surface area contributed by atoms with Gasteiger partial charge in [0.2, 0.25) is 5.91 Å². The van der Waals surface area contributed by atoms with Crippen molar-refractivity contribution in [2.75, 3.05) is 0 Å². The molecular formula is C16H27NO3. The van der Waals surface area contributed by atoms with Crippen molar-refractivity contribution in [1.29, 1.82) is 0 Å². The van der Waals surface area contributed by atoms with Crippen molar-refractivity contribution in [3.05, 3.63) is 0 Å². The summed E-state index contributed by atoms with van der Waals surface area (Å²) in [5.41, 5.74) is 0.0726. The first-order chi connectivity index (χ1) is 9.40. The predicted molar refractivity (Wildman–Crippen MR) is 77.3 cm³/mol. The Kier molecular flexibility index (Phi) is 4.71. The van der Waals surface area contributed by atoms with Gasteiger partial charge in [0.15, 0.2) is 0 Å². The summed E-state index contributed by atoms with van der Waals surface area (Å²) in [4.78, 5) is 23.6. The lowest BCUT2D eigenvalue weighted by atomic mass is 9.68. The summed E-state index contributed by atoms with van der Waals surface area (Å²) in [6, 6.07) is 0.0510. The minimum Gasteiger partial charge on any atom is -0.481 e. The summed E-state index contributed by atoms with van der Waals surface area (Å²) in [6.07, 6.45) is 7.57. The van der Waals surface area contributed by atoms with Crippen molar-refractivity contribution in [2.45, 2.75) is 71.3 Å². The zero-order valence-electron chi connectivity index (χ0n) is 12.7. The van der Waals surface area contributed by atoms with E-state index < -0.39 is 5.97 Å². The van der Waals surface area contributed by atoms with Crippen molar-refractivity contribution < 1.29 is 14.7 Å². The quantitative estimate of drug-likeness (QED) is 0.835. The van der Waals surface area contributed by atoms with Crippen LogP contribution in [0.1, 0.15) is 65.2 Å². The number of carbonyl (C=O) groups excluding carboxylic acids is 1. The Labute approximate surface area is 121 Å². The van der Waals surface area contributed by atoms with Gasteiger partial charge in [-0.25, -0.2) is 0 Å². The Bertz CT molecular complexity index is 378. The number of hydrogen-bond acceptors (Lipinski definition) is 2. The lowest BCUT2D eigenvalue weighted by Crippen LogP contribution is -2.47. The first kappa shape index (κ1) is 15.3. The van der Waals surface area contributed by atoms with E-state index >= 15 is 0 Å². The molecule has 0 bridgehead atoms. The second-order valence-corrected chi connectivity index (χ2v) is 7.19. The molecule has 0 heterocycles. The van der Waals surface area contributed by atoms with Gasteiger partial charge in [0, 0.05) is 12.0 Å². The molecule has 1 amide bonds. The van der Waals surface area contributed by atoms with Gasteiger partial charge in [0.05, 0.1) is 5.92 Å². The molecule has 0 aliphatic heterocycles. The van der Waals surface area contributed by atoms with Crippen LogP contribution >= 0.6 is 0 Å². The number of rotatable bonds is 3. The van der Waals surface area contributed by atoms with Gasteiger partial charge in [-0.1, -0.05) is 33.1 Å². The molecule has 3 unspecified atom stereocenters. The number of amides is 1. The zero-order valence-corrected chi connectivity index (χ0v) is 12.7. The van der Waals surface area contributed by atoms with Gasteiger partial charge in [-0.2, -0.15) is 0 Å². The maximum absolute atomic E-state index is 12.5. The summed E-state index contributed by atoms with van der Waals surface area (Å²) in [6.45, 7) is 4.36. The summed E-state index contributed by atoms with van der Waals surface area (Å²) < 4.78 is 0. The fraction of sp³-hybridized carbons (Fsp3) is 0.875. The highest BCUT2D eigenvalue weighted by Gasteiger charge is 2.38. The van der Waals surface area contributed by atoms with Crippen LogP contribution in [-0.2, 0) is 9.59 Å². The summed E-state index contributed by atoms with van der Waals surface area (Å²) in [7, 11) is 0. The third kappa shape index (κ3) is 3.53.